The molecule has 0 aliphatic heterocycles. The van der Waals surface area contributed by atoms with Crippen molar-refractivity contribution in [2.45, 2.75) is 17.9 Å². The molecule has 0 saturated heterocycles. The molecule has 0 unspecified atom stereocenters. The third-order valence-electron chi connectivity index (χ3n) is 4.55. The number of benzene rings is 3. The van der Waals surface area contributed by atoms with Gasteiger partial charge >= 0.3 is 0 Å². The molecule has 0 aromatic heterocycles. The molecule has 0 amide bonds. The van der Waals surface area contributed by atoms with Crippen LogP contribution < -0.4 is 13.8 Å². The Morgan fingerprint density at radius 1 is 0.786 bits per heavy atom. The molecule has 0 bridgehead atoms. The summed E-state index contributed by atoms with van der Waals surface area (Å²) < 4.78 is 39.0. The monoisotopic (exact) mass is 397 g/mol. The van der Waals surface area contributed by atoms with E-state index in [1.807, 2.05) is 31.2 Å². The molecule has 3 aromatic carbocycles. The van der Waals surface area contributed by atoms with Crippen molar-refractivity contribution in [3.05, 3.63) is 84.4 Å². The van der Waals surface area contributed by atoms with E-state index in [0.717, 1.165) is 5.56 Å². The highest BCUT2D eigenvalue weighted by Gasteiger charge is 2.30. The first-order valence-electron chi connectivity index (χ1n) is 8.85. The number of ether oxygens (including phenoxy) is 2. The van der Waals surface area contributed by atoms with Gasteiger partial charge in [-0.3, -0.25) is 4.31 Å². The molecule has 6 heteroatoms. The molecule has 3 aromatic rings. The smallest absolute Gasteiger partial charge is 0.264 e. The van der Waals surface area contributed by atoms with Crippen molar-refractivity contribution in [2.24, 2.45) is 0 Å². The van der Waals surface area contributed by atoms with Gasteiger partial charge in [0.25, 0.3) is 10.0 Å². The molecule has 5 nitrogen and oxygen atoms in total. The largest absolute Gasteiger partial charge is 0.497 e. The first-order chi connectivity index (χ1) is 13.5. The maximum absolute atomic E-state index is 13.5. The lowest BCUT2D eigenvalue weighted by molar-refractivity contribution is 0.414. The van der Waals surface area contributed by atoms with E-state index >= 15 is 0 Å². The van der Waals surface area contributed by atoms with Crippen LogP contribution in [-0.4, -0.2) is 22.6 Å². The van der Waals surface area contributed by atoms with Gasteiger partial charge in [0.05, 0.1) is 30.8 Å². The van der Waals surface area contributed by atoms with E-state index < -0.39 is 16.1 Å². The highest BCUT2D eigenvalue weighted by atomic mass is 32.2. The van der Waals surface area contributed by atoms with E-state index in [0.29, 0.717) is 17.2 Å². The van der Waals surface area contributed by atoms with Crippen molar-refractivity contribution in [2.75, 3.05) is 18.5 Å². The predicted octanol–water partition coefficient (Wildman–Crippen LogP) is 4.66. The minimum atomic E-state index is -3.79. The van der Waals surface area contributed by atoms with Gasteiger partial charge < -0.3 is 9.47 Å². The molecule has 28 heavy (non-hydrogen) atoms. The Labute approximate surface area is 166 Å². The lowest BCUT2D eigenvalue weighted by Gasteiger charge is -2.31. The van der Waals surface area contributed by atoms with Crippen molar-refractivity contribution >= 4 is 15.7 Å². The Hall–Kier alpha value is -2.99. The van der Waals surface area contributed by atoms with Crippen LogP contribution in [0.1, 0.15) is 18.5 Å². The number of nitrogens with zero attached hydrogens (tertiary/aromatic N) is 1. The standard InChI is InChI=1S/C22H23NO4S/c1-17(18-8-7-9-21(16-18)27-3)23(19-12-14-20(26-2)15-13-19)28(24,25)22-10-5-4-6-11-22/h4-17H,1-3H3/t17-/m0/s1. The van der Waals surface area contributed by atoms with Gasteiger partial charge in [-0.15, -0.1) is 0 Å². The van der Waals surface area contributed by atoms with Gasteiger partial charge in [0.2, 0.25) is 0 Å². The van der Waals surface area contributed by atoms with Gasteiger partial charge in [-0.25, -0.2) is 8.42 Å². The zero-order valence-electron chi connectivity index (χ0n) is 16.1. The van der Waals surface area contributed by atoms with Crippen LogP contribution in [0.25, 0.3) is 0 Å². The molecule has 0 aliphatic carbocycles. The Balaban J connectivity index is 2.13. The molecule has 0 heterocycles. The molecule has 1 atom stereocenters. The van der Waals surface area contributed by atoms with Gasteiger partial charge in [0, 0.05) is 0 Å². The maximum Gasteiger partial charge on any atom is 0.264 e. The fourth-order valence-corrected chi connectivity index (χ4v) is 4.71. The zero-order chi connectivity index (χ0) is 20.1. The summed E-state index contributed by atoms with van der Waals surface area (Å²) in [5.74, 6) is 1.34. The number of hydrogen-bond acceptors (Lipinski definition) is 4. The normalized spacial score (nSPS) is 12.2. The van der Waals surface area contributed by atoms with Crippen LogP contribution in [0.2, 0.25) is 0 Å². The van der Waals surface area contributed by atoms with Crippen LogP contribution in [0.3, 0.4) is 0 Å². The second kappa shape index (κ2) is 8.35. The van der Waals surface area contributed by atoms with Gasteiger partial charge in [-0.05, 0) is 61.0 Å². The Kier molecular flexibility index (Phi) is 5.90. The van der Waals surface area contributed by atoms with Gasteiger partial charge in [0.15, 0.2) is 0 Å². The van der Waals surface area contributed by atoms with Crippen LogP contribution >= 0.6 is 0 Å². The third-order valence-corrected chi connectivity index (χ3v) is 6.47. The molecule has 146 valence electrons. The molecule has 0 aliphatic rings. The summed E-state index contributed by atoms with van der Waals surface area (Å²) in [5.41, 5.74) is 1.38. The number of hydrogen-bond donors (Lipinski definition) is 0. The molecule has 0 fully saturated rings. The molecule has 0 radical (unpaired) electrons. The fourth-order valence-electron chi connectivity index (χ4n) is 3.04. The van der Waals surface area contributed by atoms with Crippen LogP contribution in [-0.2, 0) is 10.0 Å². The SMILES string of the molecule is COc1ccc(N([C@@H](C)c2cccc(OC)c2)S(=O)(=O)c2ccccc2)cc1. The second-order valence-electron chi connectivity index (χ2n) is 6.26. The quantitative estimate of drug-likeness (QED) is 0.582. The summed E-state index contributed by atoms with van der Waals surface area (Å²) in [4.78, 5) is 0.237. The van der Waals surface area contributed by atoms with Gasteiger partial charge in [0.1, 0.15) is 11.5 Å². The van der Waals surface area contributed by atoms with Crippen LogP contribution in [0, 0.1) is 0 Å². The van der Waals surface area contributed by atoms with Crippen LogP contribution in [0.15, 0.2) is 83.8 Å². The summed E-state index contributed by atoms with van der Waals surface area (Å²) in [6, 6.07) is 22.4. The highest BCUT2D eigenvalue weighted by molar-refractivity contribution is 7.92. The van der Waals surface area contributed by atoms with E-state index in [1.165, 1.54) is 4.31 Å². The van der Waals surface area contributed by atoms with E-state index in [9.17, 15) is 8.42 Å². The Morgan fingerprint density at radius 2 is 1.43 bits per heavy atom. The molecular weight excluding hydrogens is 374 g/mol. The summed E-state index contributed by atoms with van der Waals surface area (Å²) in [6.45, 7) is 1.86. The predicted molar refractivity (Wildman–Crippen MR) is 111 cm³/mol. The number of methoxy groups -OCH3 is 2. The average molecular weight is 397 g/mol. The zero-order valence-corrected chi connectivity index (χ0v) is 16.9. The maximum atomic E-state index is 13.5. The summed E-state index contributed by atoms with van der Waals surface area (Å²) in [6.07, 6.45) is 0. The summed E-state index contributed by atoms with van der Waals surface area (Å²) in [5, 5.41) is 0. The Bertz CT molecular complexity index is 1020. The topological polar surface area (TPSA) is 55.8 Å². The number of sulfonamides is 1. The second-order valence-corrected chi connectivity index (χ2v) is 8.08. The van der Waals surface area contributed by atoms with Crippen molar-refractivity contribution in [1.29, 1.82) is 0 Å². The van der Waals surface area contributed by atoms with Crippen LogP contribution in [0.4, 0.5) is 5.69 Å². The van der Waals surface area contributed by atoms with Crippen molar-refractivity contribution in [1.82, 2.24) is 0 Å². The van der Waals surface area contributed by atoms with Crippen LogP contribution in [0.5, 0.6) is 11.5 Å². The average Bonchev–Trinajstić information content (AvgIpc) is 2.75. The third kappa shape index (κ3) is 3.97. The molecular formula is C22H23NO4S. The van der Waals surface area contributed by atoms with E-state index in [4.69, 9.17) is 9.47 Å². The molecule has 3 rings (SSSR count). The lowest BCUT2D eigenvalue weighted by atomic mass is 10.1. The summed E-state index contributed by atoms with van der Waals surface area (Å²) in [7, 11) is -0.624. The summed E-state index contributed by atoms with van der Waals surface area (Å²) >= 11 is 0. The molecule has 0 saturated carbocycles. The fraction of sp³-hybridized carbons (Fsp3) is 0.182. The van der Waals surface area contributed by atoms with Crippen molar-refractivity contribution in [3.8, 4) is 11.5 Å². The van der Waals surface area contributed by atoms with Crippen molar-refractivity contribution in [3.63, 3.8) is 0 Å². The number of anilines is 1. The van der Waals surface area contributed by atoms with E-state index in [-0.39, 0.29) is 4.90 Å². The molecule has 0 N–H and O–H groups in total. The van der Waals surface area contributed by atoms with Crippen molar-refractivity contribution < 1.29 is 17.9 Å². The van der Waals surface area contributed by atoms with Gasteiger partial charge in [-0.2, -0.15) is 0 Å². The molecule has 0 spiro atoms. The minimum absolute atomic E-state index is 0.237. The number of rotatable bonds is 7. The minimum Gasteiger partial charge on any atom is -0.497 e. The van der Waals surface area contributed by atoms with E-state index in [2.05, 4.69) is 0 Å². The van der Waals surface area contributed by atoms with E-state index in [1.54, 1.807) is 68.8 Å². The van der Waals surface area contributed by atoms with Gasteiger partial charge in [-0.1, -0.05) is 30.3 Å². The first-order valence-corrected chi connectivity index (χ1v) is 10.3. The Morgan fingerprint density at radius 3 is 2.04 bits per heavy atom. The first kappa shape index (κ1) is 19.8. The highest BCUT2D eigenvalue weighted by Crippen LogP contribution is 2.35. The lowest BCUT2D eigenvalue weighted by Crippen LogP contribution is -2.33.